The van der Waals surface area contributed by atoms with Gasteiger partial charge < -0.3 is 19.9 Å². The quantitative estimate of drug-likeness (QED) is 0.299. The van der Waals surface area contributed by atoms with Gasteiger partial charge in [-0.3, -0.25) is 9.69 Å². The minimum Gasteiger partial charge on any atom is -0.392 e. The molecular weight excluding hydrogens is 488 g/mol. The summed E-state index contributed by atoms with van der Waals surface area (Å²) in [5.41, 5.74) is 4.10. The molecule has 0 radical (unpaired) electrons. The van der Waals surface area contributed by atoms with Crippen LogP contribution in [0.5, 0.6) is 0 Å². The smallest absolute Gasteiger partial charge is 0.255 e. The van der Waals surface area contributed by atoms with E-state index in [1.807, 2.05) is 72.8 Å². The van der Waals surface area contributed by atoms with Crippen LogP contribution in [-0.2, 0) is 16.1 Å². The Morgan fingerprint density at radius 3 is 2.46 bits per heavy atom. The average molecular weight is 527 g/mol. The van der Waals surface area contributed by atoms with Crippen molar-refractivity contribution in [3.63, 3.8) is 0 Å². The molecule has 3 aromatic rings. The van der Waals surface area contributed by atoms with Crippen LogP contribution in [0.1, 0.15) is 71.5 Å². The standard InChI is InChI=1S/C33H38N2O4/c1-2-19-35(29-13-6-7-14-29)22-30-21-31(25-17-15-24(23-36)16-18-25)39-33(38-30)27-11-8-12-28(20-27)34-32(37)26-9-4-3-5-10-26/h2-5,8-12,15-18,20,29-31,33,36H,1,6-7,13-14,19,21-23H2,(H,34,37)/t30-,31+,33+/m0/s1. The lowest BCUT2D eigenvalue weighted by Crippen LogP contribution is -2.43. The van der Waals surface area contributed by atoms with E-state index in [4.69, 9.17) is 9.47 Å². The summed E-state index contributed by atoms with van der Waals surface area (Å²) < 4.78 is 13.1. The van der Waals surface area contributed by atoms with E-state index >= 15 is 0 Å². The van der Waals surface area contributed by atoms with Gasteiger partial charge in [0.2, 0.25) is 0 Å². The van der Waals surface area contributed by atoms with Gasteiger partial charge in [-0.1, -0.05) is 73.5 Å². The molecule has 2 fully saturated rings. The van der Waals surface area contributed by atoms with E-state index in [0.29, 0.717) is 17.3 Å². The van der Waals surface area contributed by atoms with Crippen molar-refractivity contribution >= 4 is 11.6 Å². The fourth-order valence-electron chi connectivity index (χ4n) is 5.66. The lowest BCUT2D eigenvalue weighted by atomic mass is 9.99. The highest BCUT2D eigenvalue weighted by molar-refractivity contribution is 6.04. The molecule has 2 aliphatic rings. The van der Waals surface area contributed by atoms with Crippen molar-refractivity contribution < 1.29 is 19.4 Å². The molecule has 3 atom stereocenters. The molecule has 1 aliphatic carbocycles. The van der Waals surface area contributed by atoms with Crippen LogP contribution in [0.15, 0.2) is 91.5 Å². The molecule has 204 valence electrons. The van der Waals surface area contributed by atoms with Crippen LogP contribution in [0.3, 0.4) is 0 Å². The largest absolute Gasteiger partial charge is 0.392 e. The number of amides is 1. The van der Waals surface area contributed by atoms with Crippen LogP contribution in [0.4, 0.5) is 5.69 Å². The number of aliphatic hydroxyl groups is 1. The van der Waals surface area contributed by atoms with Crippen molar-refractivity contribution in [2.45, 2.75) is 63.3 Å². The van der Waals surface area contributed by atoms with Gasteiger partial charge in [-0.2, -0.15) is 0 Å². The van der Waals surface area contributed by atoms with Crippen LogP contribution < -0.4 is 5.32 Å². The molecule has 3 aromatic carbocycles. The molecule has 6 nitrogen and oxygen atoms in total. The molecule has 0 aromatic heterocycles. The average Bonchev–Trinajstić information content (AvgIpc) is 3.53. The zero-order valence-electron chi connectivity index (χ0n) is 22.4. The molecule has 0 unspecified atom stereocenters. The molecule has 1 saturated heterocycles. The van der Waals surface area contributed by atoms with E-state index in [0.717, 1.165) is 36.2 Å². The lowest BCUT2D eigenvalue weighted by Gasteiger charge is -2.39. The Morgan fingerprint density at radius 1 is 0.974 bits per heavy atom. The van der Waals surface area contributed by atoms with Crippen LogP contribution in [0.2, 0.25) is 0 Å². The molecule has 0 spiro atoms. The van der Waals surface area contributed by atoms with Crippen LogP contribution in [0.25, 0.3) is 0 Å². The number of hydrogen-bond acceptors (Lipinski definition) is 5. The third-order valence-electron chi connectivity index (χ3n) is 7.71. The normalized spacial score (nSPS) is 21.6. The SMILES string of the molecule is C=CCN(C[C@@H]1C[C@H](c2ccc(CO)cc2)O[C@H](c2cccc(NC(=O)c3ccccc3)c2)O1)C1CCCC1. The second-order valence-electron chi connectivity index (χ2n) is 10.5. The third kappa shape index (κ3) is 7.02. The summed E-state index contributed by atoms with van der Waals surface area (Å²) in [6, 6.07) is 25.4. The first-order chi connectivity index (χ1) is 19.1. The minimum absolute atomic E-state index is 0.0135. The van der Waals surface area contributed by atoms with Gasteiger partial charge in [0, 0.05) is 42.4 Å². The highest BCUT2D eigenvalue weighted by Crippen LogP contribution is 2.39. The van der Waals surface area contributed by atoms with Crippen molar-refractivity contribution in [3.8, 4) is 0 Å². The van der Waals surface area contributed by atoms with Gasteiger partial charge in [0.25, 0.3) is 5.91 Å². The van der Waals surface area contributed by atoms with Crippen molar-refractivity contribution in [1.29, 1.82) is 0 Å². The highest BCUT2D eigenvalue weighted by atomic mass is 16.7. The van der Waals surface area contributed by atoms with Crippen LogP contribution in [0, 0.1) is 0 Å². The van der Waals surface area contributed by atoms with Gasteiger partial charge in [-0.15, -0.1) is 6.58 Å². The molecule has 5 rings (SSSR count). The molecule has 39 heavy (non-hydrogen) atoms. The van der Waals surface area contributed by atoms with Gasteiger partial charge in [-0.25, -0.2) is 0 Å². The minimum atomic E-state index is -0.575. The molecule has 1 heterocycles. The maximum atomic E-state index is 12.7. The van der Waals surface area contributed by atoms with Gasteiger partial charge in [0.15, 0.2) is 6.29 Å². The molecule has 1 amide bonds. The first-order valence-electron chi connectivity index (χ1n) is 13.9. The fourth-order valence-corrected chi connectivity index (χ4v) is 5.66. The van der Waals surface area contributed by atoms with Gasteiger partial charge >= 0.3 is 0 Å². The number of anilines is 1. The predicted molar refractivity (Wildman–Crippen MR) is 153 cm³/mol. The van der Waals surface area contributed by atoms with Crippen molar-refractivity contribution in [2.24, 2.45) is 0 Å². The Morgan fingerprint density at radius 2 is 1.74 bits per heavy atom. The second-order valence-corrected chi connectivity index (χ2v) is 10.5. The van der Waals surface area contributed by atoms with Crippen molar-refractivity contribution in [3.05, 3.63) is 114 Å². The molecule has 2 N–H and O–H groups in total. The summed E-state index contributed by atoms with van der Waals surface area (Å²) in [6.07, 6.45) is 6.94. The first-order valence-corrected chi connectivity index (χ1v) is 13.9. The predicted octanol–water partition coefficient (Wildman–Crippen LogP) is 6.41. The van der Waals surface area contributed by atoms with Crippen LogP contribution >= 0.6 is 0 Å². The monoisotopic (exact) mass is 526 g/mol. The Bertz CT molecular complexity index is 1220. The Hall–Kier alpha value is -3.29. The highest BCUT2D eigenvalue weighted by Gasteiger charge is 2.34. The maximum absolute atomic E-state index is 12.7. The molecule has 6 heteroatoms. The molecule has 1 aliphatic heterocycles. The Labute approximate surface area is 231 Å². The van der Waals surface area contributed by atoms with Crippen LogP contribution in [-0.4, -0.2) is 41.1 Å². The summed E-state index contributed by atoms with van der Waals surface area (Å²) in [6.45, 7) is 5.66. The number of nitrogens with one attached hydrogen (secondary N) is 1. The summed E-state index contributed by atoms with van der Waals surface area (Å²) in [4.78, 5) is 15.3. The summed E-state index contributed by atoms with van der Waals surface area (Å²) in [5, 5.41) is 12.5. The zero-order chi connectivity index (χ0) is 27.0. The van der Waals surface area contributed by atoms with Crippen molar-refractivity contribution in [2.75, 3.05) is 18.4 Å². The fraction of sp³-hybridized carbons (Fsp3) is 0.364. The summed E-state index contributed by atoms with van der Waals surface area (Å²) in [5.74, 6) is -0.158. The second kappa shape index (κ2) is 13.2. The van der Waals surface area contributed by atoms with E-state index in [9.17, 15) is 9.90 Å². The number of nitrogens with zero attached hydrogens (tertiary/aromatic N) is 1. The number of hydrogen-bond donors (Lipinski definition) is 2. The van der Waals surface area contributed by atoms with Gasteiger partial charge in [0.05, 0.1) is 18.8 Å². The maximum Gasteiger partial charge on any atom is 0.255 e. The lowest BCUT2D eigenvalue weighted by molar-refractivity contribution is -0.253. The van der Waals surface area contributed by atoms with Gasteiger partial charge in [0.1, 0.15) is 0 Å². The number of ether oxygens (including phenoxy) is 2. The number of rotatable bonds is 10. The van der Waals surface area contributed by atoms with E-state index in [2.05, 4.69) is 16.8 Å². The number of carbonyl (C=O) groups excluding carboxylic acids is 1. The molecular formula is C33H38N2O4. The Kier molecular flexibility index (Phi) is 9.22. The number of benzene rings is 3. The van der Waals surface area contributed by atoms with Crippen molar-refractivity contribution in [1.82, 2.24) is 4.90 Å². The number of carbonyl (C=O) groups is 1. The topological polar surface area (TPSA) is 71.0 Å². The van der Waals surface area contributed by atoms with Gasteiger partial charge in [-0.05, 0) is 48.2 Å². The zero-order valence-corrected chi connectivity index (χ0v) is 22.4. The Balaban J connectivity index is 1.37. The molecule has 1 saturated carbocycles. The summed E-state index contributed by atoms with van der Waals surface area (Å²) >= 11 is 0. The van der Waals surface area contributed by atoms with E-state index in [1.54, 1.807) is 12.1 Å². The summed E-state index contributed by atoms with van der Waals surface area (Å²) in [7, 11) is 0. The van der Waals surface area contributed by atoms with E-state index in [1.165, 1.54) is 25.7 Å². The number of aliphatic hydroxyl groups excluding tert-OH is 1. The van der Waals surface area contributed by atoms with E-state index < -0.39 is 6.29 Å². The van der Waals surface area contributed by atoms with E-state index in [-0.39, 0.29) is 24.7 Å². The first kappa shape index (κ1) is 27.3. The molecule has 0 bridgehead atoms. The third-order valence-corrected chi connectivity index (χ3v) is 7.71.